The standard InChI is InChI=1S/C21H29N3O3/c25-18(22-15-9-12-17-10-5-4-6-11-17)16-24-19(26)21(23-20(24)27)13-7-2-1-3-8-14-21/h4-6,10-11H,1-3,7-9,12-16H2,(H,22,25)(H,23,27). The molecule has 1 aromatic rings. The van der Waals surface area contributed by atoms with Gasteiger partial charge in [-0.2, -0.15) is 0 Å². The number of nitrogens with one attached hydrogen (secondary N) is 2. The van der Waals surface area contributed by atoms with Crippen molar-refractivity contribution < 1.29 is 14.4 Å². The summed E-state index contributed by atoms with van der Waals surface area (Å²) in [5, 5.41) is 5.71. The quantitative estimate of drug-likeness (QED) is 0.596. The number of carbonyl (C=O) groups excluding carboxylic acids is 3. The normalized spacial score (nSPS) is 19.5. The van der Waals surface area contributed by atoms with Crippen LogP contribution in [-0.2, 0) is 16.0 Å². The van der Waals surface area contributed by atoms with Crippen molar-refractivity contribution in [2.75, 3.05) is 13.1 Å². The molecule has 0 atom stereocenters. The van der Waals surface area contributed by atoms with Crippen LogP contribution in [-0.4, -0.2) is 41.4 Å². The molecule has 2 N–H and O–H groups in total. The second-order valence-corrected chi connectivity index (χ2v) is 7.61. The monoisotopic (exact) mass is 371 g/mol. The van der Waals surface area contributed by atoms with Crippen LogP contribution in [0.2, 0.25) is 0 Å². The van der Waals surface area contributed by atoms with Gasteiger partial charge in [0.2, 0.25) is 5.91 Å². The number of hydrogen-bond acceptors (Lipinski definition) is 3. The van der Waals surface area contributed by atoms with Crippen LogP contribution in [0.25, 0.3) is 0 Å². The molecule has 2 fully saturated rings. The average molecular weight is 371 g/mol. The SMILES string of the molecule is O=C(CN1C(=O)NC2(CCCCCCC2)C1=O)NCCCc1ccccc1. The van der Waals surface area contributed by atoms with Gasteiger partial charge in [0, 0.05) is 6.54 Å². The van der Waals surface area contributed by atoms with Gasteiger partial charge >= 0.3 is 6.03 Å². The molecule has 1 heterocycles. The van der Waals surface area contributed by atoms with E-state index < -0.39 is 11.6 Å². The minimum atomic E-state index is -0.787. The van der Waals surface area contributed by atoms with Gasteiger partial charge in [-0.3, -0.25) is 14.5 Å². The fourth-order valence-corrected chi connectivity index (χ4v) is 4.03. The molecule has 1 saturated carbocycles. The molecule has 0 radical (unpaired) electrons. The third kappa shape index (κ3) is 4.87. The first-order chi connectivity index (χ1) is 13.1. The Balaban J connectivity index is 1.47. The summed E-state index contributed by atoms with van der Waals surface area (Å²) in [5.74, 6) is -0.511. The summed E-state index contributed by atoms with van der Waals surface area (Å²) in [4.78, 5) is 38.5. The van der Waals surface area contributed by atoms with Crippen LogP contribution >= 0.6 is 0 Å². The van der Waals surface area contributed by atoms with Gasteiger partial charge in [0.05, 0.1) is 0 Å². The van der Waals surface area contributed by atoms with Crippen molar-refractivity contribution in [2.24, 2.45) is 0 Å². The zero-order chi connectivity index (χ0) is 19.1. The molecule has 0 aromatic heterocycles. The molecule has 6 nitrogen and oxygen atoms in total. The highest BCUT2D eigenvalue weighted by Gasteiger charge is 2.50. The van der Waals surface area contributed by atoms with E-state index in [9.17, 15) is 14.4 Å². The van der Waals surface area contributed by atoms with Crippen LogP contribution in [0.3, 0.4) is 0 Å². The highest BCUT2D eigenvalue weighted by Crippen LogP contribution is 2.31. The molecule has 0 bridgehead atoms. The largest absolute Gasteiger partial charge is 0.355 e. The minimum absolute atomic E-state index is 0.197. The summed E-state index contributed by atoms with van der Waals surface area (Å²) in [7, 11) is 0. The van der Waals surface area contributed by atoms with Gasteiger partial charge in [-0.15, -0.1) is 0 Å². The van der Waals surface area contributed by atoms with E-state index in [1.54, 1.807) is 0 Å². The van der Waals surface area contributed by atoms with E-state index in [1.807, 2.05) is 18.2 Å². The molecule has 4 amide bonds. The first-order valence-electron chi connectivity index (χ1n) is 10.1. The Hall–Kier alpha value is -2.37. The molecule has 1 saturated heterocycles. The van der Waals surface area contributed by atoms with Crippen LogP contribution in [0, 0.1) is 0 Å². The summed E-state index contributed by atoms with van der Waals surface area (Å²) < 4.78 is 0. The zero-order valence-corrected chi connectivity index (χ0v) is 15.8. The Morgan fingerprint density at radius 1 is 1.04 bits per heavy atom. The molecule has 6 heteroatoms. The molecule has 27 heavy (non-hydrogen) atoms. The zero-order valence-electron chi connectivity index (χ0n) is 15.8. The number of hydrogen-bond donors (Lipinski definition) is 2. The molecule has 1 aliphatic heterocycles. The van der Waals surface area contributed by atoms with Gasteiger partial charge in [0.1, 0.15) is 12.1 Å². The van der Waals surface area contributed by atoms with E-state index in [0.29, 0.717) is 19.4 Å². The third-order valence-corrected chi connectivity index (χ3v) is 5.56. The van der Waals surface area contributed by atoms with E-state index in [0.717, 1.165) is 43.4 Å². The van der Waals surface area contributed by atoms with Gasteiger partial charge in [-0.05, 0) is 31.2 Å². The first kappa shape index (κ1) is 19.4. The maximum Gasteiger partial charge on any atom is 0.325 e. The second-order valence-electron chi connectivity index (χ2n) is 7.61. The molecule has 3 rings (SSSR count). The van der Waals surface area contributed by atoms with Crippen molar-refractivity contribution in [3.63, 3.8) is 0 Å². The summed E-state index contributed by atoms with van der Waals surface area (Å²) in [5.41, 5.74) is 0.442. The Bertz CT molecular complexity index is 667. The highest BCUT2D eigenvalue weighted by atomic mass is 16.2. The van der Waals surface area contributed by atoms with Gasteiger partial charge in [0.25, 0.3) is 5.91 Å². The second kappa shape index (κ2) is 9.02. The van der Waals surface area contributed by atoms with E-state index in [2.05, 4.69) is 22.8 Å². The van der Waals surface area contributed by atoms with Crippen molar-refractivity contribution in [1.29, 1.82) is 0 Å². The summed E-state index contributed by atoms with van der Waals surface area (Å²) in [6.07, 6.45) is 8.29. The number of urea groups is 1. The van der Waals surface area contributed by atoms with Crippen molar-refractivity contribution in [3.8, 4) is 0 Å². The third-order valence-electron chi connectivity index (χ3n) is 5.56. The number of rotatable bonds is 6. The molecule has 1 aromatic carbocycles. The topological polar surface area (TPSA) is 78.5 Å². The van der Waals surface area contributed by atoms with Crippen LogP contribution in [0.4, 0.5) is 4.79 Å². The smallest absolute Gasteiger partial charge is 0.325 e. The molecule has 1 spiro atoms. The fraction of sp³-hybridized carbons (Fsp3) is 0.571. The van der Waals surface area contributed by atoms with Gasteiger partial charge < -0.3 is 10.6 Å². The minimum Gasteiger partial charge on any atom is -0.355 e. The Morgan fingerprint density at radius 2 is 1.70 bits per heavy atom. The van der Waals surface area contributed by atoms with Crippen LogP contribution < -0.4 is 10.6 Å². The maximum absolute atomic E-state index is 12.9. The highest BCUT2D eigenvalue weighted by molar-refractivity contribution is 6.09. The fourth-order valence-electron chi connectivity index (χ4n) is 4.03. The maximum atomic E-state index is 12.9. The van der Waals surface area contributed by atoms with Crippen LogP contribution in [0.15, 0.2) is 30.3 Å². The number of aryl methyl sites for hydroxylation is 1. The predicted molar refractivity (Wildman–Crippen MR) is 103 cm³/mol. The lowest BCUT2D eigenvalue weighted by Gasteiger charge is -2.28. The number of nitrogens with zero attached hydrogens (tertiary/aromatic N) is 1. The Labute approximate surface area is 160 Å². The lowest BCUT2D eigenvalue weighted by molar-refractivity contribution is -0.135. The van der Waals surface area contributed by atoms with Crippen molar-refractivity contribution in [2.45, 2.75) is 63.3 Å². The molecule has 1 aliphatic carbocycles. The number of amides is 4. The number of carbonyl (C=O) groups is 3. The molecular weight excluding hydrogens is 342 g/mol. The molecular formula is C21H29N3O3. The predicted octanol–water partition coefficient (Wildman–Crippen LogP) is 2.77. The van der Waals surface area contributed by atoms with Gasteiger partial charge in [-0.1, -0.05) is 62.4 Å². The summed E-state index contributed by atoms with van der Waals surface area (Å²) in [6, 6.07) is 9.66. The molecule has 146 valence electrons. The number of benzene rings is 1. The van der Waals surface area contributed by atoms with E-state index >= 15 is 0 Å². The molecule has 0 unspecified atom stereocenters. The number of imide groups is 1. The van der Waals surface area contributed by atoms with Crippen molar-refractivity contribution >= 4 is 17.8 Å². The van der Waals surface area contributed by atoms with E-state index in [4.69, 9.17) is 0 Å². The summed E-state index contributed by atoms with van der Waals surface area (Å²) in [6.45, 7) is 0.334. The van der Waals surface area contributed by atoms with Crippen molar-refractivity contribution in [1.82, 2.24) is 15.5 Å². The lowest BCUT2D eigenvalue weighted by atomic mass is 9.84. The van der Waals surface area contributed by atoms with Crippen molar-refractivity contribution in [3.05, 3.63) is 35.9 Å². The Kier molecular flexibility index (Phi) is 6.48. The first-order valence-corrected chi connectivity index (χ1v) is 10.1. The lowest BCUT2D eigenvalue weighted by Crippen LogP contribution is -2.48. The van der Waals surface area contributed by atoms with Gasteiger partial charge in [0.15, 0.2) is 0 Å². The van der Waals surface area contributed by atoms with E-state index in [-0.39, 0.29) is 18.4 Å². The van der Waals surface area contributed by atoms with Crippen LogP contribution in [0.5, 0.6) is 0 Å². The Morgan fingerprint density at radius 3 is 2.41 bits per heavy atom. The van der Waals surface area contributed by atoms with Crippen LogP contribution in [0.1, 0.15) is 56.9 Å². The molecule has 2 aliphatic rings. The van der Waals surface area contributed by atoms with E-state index in [1.165, 1.54) is 12.0 Å². The average Bonchev–Trinajstić information content (AvgIpc) is 2.88. The summed E-state index contributed by atoms with van der Waals surface area (Å²) >= 11 is 0. The van der Waals surface area contributed by atoms with Gasteiger partial charge in [-0.25, -0.2) is 4.79 Å².